The SMILES string of the molecule is C=CCNC(=O)C(=O)c1[nH]c(C)c(C(=O)OCC)c1-c1ccccc1. The van der Waals surface area contributed by atoms with Crippen molar-refractivity contribution in [3.63, 3.8) is 0 Å². The van der Waals surface area contributed by atoms with Gasteiger partial charge in [-0.05, 0) is 19.4 Å². The van der Waals surface area contributed by atoms with Gasteiger partial charge in [0, 0.05) is 17.8 Å². The lowest BCUT2D eigenvalue weighted by molar-refractivity contribution is -0.116. The molecular formula is C19H20N2O4. The number of hydrogen-bond acceptors (Lipinski definition) is 4. The maximum Gasteiger partial charge on any atom is 0.340 e. The molecule has 6 nitrogen and oxygen atoms in total. The molecule has 0 atom stereocenters. The zero-order valence-corrected chi connectivity index (χ0v) is 14.2. The van der Waals surface area contributed by atoms with Crippen LogP contribution in [0.5, 0.6) is 0 Å². The minimum Gasteiger partial charge on any atom is -0.462 e. The normalized spacial score (nSPS) is 10.2. The Morgan fingerprint density at radius 3 is 2.52 bits per heavy atom. The van der Waals surface area contributed by atoms with Crippen LogP contribution in [0.25, 0.3) is 11.1 Å². The molecule has 2 aromatic rings. The third-order valence-electron chi connectivity index (χ3n) is 3.57. The van der Waals surface area contributed by atoms with E-state index in [2.05, 4.69) is 16.9 Å². The van der Waals surface area contributed by atoms with E-state index < -0.39 is 17.7 Å². The van der Waals surface area contributed by atoms with Gasteiger partial charge in [-0.15, -0.1) is 6.58 Å². The summed E-state index contributed by atoms with van der Waals surface area (Å²) in [4.78, 5) is 39.9. The van der Waals surface area contributed by atoms with E-state index in [9.17, 15) is 14.4 Å². The number of ether oxygens (including phenoxy) is 1. The van der Waals surface area contributed by atoms with Crippen molar-refractivity contribution in [2.24, 2.45) is 0 Å². The lowest BCUT2D eigenvalue weighted by Crippen LogP contribution is -2.31. The molecule has 0 aliphatic heterocycles. The molecule has 2 rings (SSSR count). The lowest BCUT2D eigenvalue weighted by atomic mass is 9.98. The van der Waals surface area contributed by atoms with Gasteiger partial charge in [0.2, 0.25) is 0 Å². The lowest BCUT2D eigenvalue weighted by Gasteiger charge is -2.08. The van der Waals surface area contributed by atoms with Crippen molar-refractivity contribution in [1.82, 2.24) is 10.3 Å². The summed E-state index contributed by atoms with van der Waals surface area (Å²) in [5.41, 5.74) is 1.81. The van der Waals surface area contributed by atoms with Gasteiger partial charge in [-0.1, -0.05) is 36.4 Å². The monoisotopic (exact) mass is 340 g/mol. The summed E-state index contributed by atoms with van der Waals surface area (Å²) >= 11 is 0. The van der Waals surface area contributed by atoms with Gasteiger partial charge in [-0.25, -0.2) is 4.79 Å². The van der Waals surface area contributed by atoms with Gasteiger partial charge in [0.15, 0.2) is 0 Å². The van der Waals surface area contributed by atoms with Crippen LogP contribution in [0, 0.1) is 6.92 Å². The molecule has 0 fully saturated rings. The van der Waals surface area contributed by atoms with Gasteiger partial charge >= 0.3 is 5.97 Å². The minimum atomic E-state index is -0.770. The number of amides is 1. The summed E-state index contributed by atoms with van der Waals surface area (Å²) in [7, 11) is 0. The molecule has 1 amide bonds. The van der Waals surface area contributed by atoms with E-state index in [0.29, 0.717) is 16.8 Å². The molecule has 0 unspecified atom stereocenters. The van der Waals surface area contributed by atoms with Gasteiger partial charge < -0.3 is 15.0 Å². The summed E-state index contributed by atoms with van der Waals surface area (Å²) in [5.74, 6) is -2.06. The highest BCUT2D eigenvalue weighted by atomic mass is 16.5. The van der Waals surface area contributed by atoms with E-state index in [1.165, 1.54) is 6.08 Å². The molecule has 6 heteroatoms. The number of Topliss-reactive ketones (excluding diaryl/α,β-unsaturated/α-hetero) is 1. The number of carbonyl (C=O) groups excluding carboxylic acids is 3. The molecule has 2 N–H and O–H groups in total. The molecule has 0 aliphatic carbocycles. The number of aromatic amines is 1. The highest BCUT2D eigenvalue weighted by Gasteiger charge is 2.29. The van der Waals surface area contributed by atoms with Gasteiger partial charge in [0.1, 0.15) is 5.69 Å². The molecule has 1 aromatic heterocycles. The number of esters is 1. The molecule has 130 valence electrons. The zero-order valence-electron chi connectivity index (χ0n) is 14.2. The zero-order chi connectivity index (χ0) is 18.4. The number of benzene rings is 1. The Hall–Kier alpha value is -3.15. The molecule has 0 bridgehead atoms. The van der Waals surface area contributed by atoms with Crippen LogP contribution >= 0.6 is 0 Å². The second-order valence-electron chi connectivity index (χ2n) is 5.29. The van der Waals surface area contributed by atoms with E-state index >= 15 is 0 Å². The summed E-state index contributed by atoms with van der Waals surface area (Å²) in [6, 6.07) is 8.94. The number of aromatic nitrogens is 1. The number of ketones is 1. The second-order valence-corrected chi connectivity index (χ2v) is 5.29. The average molecular weight is 340 g/mol. The molecule has 0 saturated heterocycles. The van der Waals surface area contributed by atoms with Crippen molar-refractivity contribution in [2.75, 3.05) is 13.2 Å². The molecule has 0 aliphatic rings. The van der Waals surface area contributed by atoms with Crippen molar-refractivity contribution in [3.05, 3.63) is 59.9 Å². The molecule has 0 spiro atoms. The quantitative estimate of drug-likeness (QED) is 0.351. The highest BCUT2D eigenvalue weighted by molar-refractivity contribution is 6.43. The first-order valence-corrected chi connectivity index (χ1v) is 7.89. The molecule has 25 heavy (non-hydrogen) atoms. The van der Waals surface area contributed by atoms with E-state index in [-0.39, 0.29) is 24.4 Å². The number of aryl methyl sites for hydroxylation is 1. The Morgan fingerprint density at radius 1 is 1.24 bits per heavy atom. The number of carbonyl (C=O) groups is 3. The third-order valence-corrected chi connectivity index (χ3v) is 3.57. The van der Waals surface area contributed by atoms with Crippen molar-refractivity contribution in [2.45, 2.75) is 13.8 Å². The highest BCUT2D eigenvalue weighted by Crippen LogP contribution is 2.31. The number of rotatable bonds is 7. The van der Waals surface area contributed by atoms with E-state index in [4.69, 9.17) is 4.74 Å². The van der Waals surface area contributed by atoms with Crippen LogP contribution in [0.3, 0.4) is 0 Å². The third kappa shape index (κ3) is 3.85. The minimum absolute atomic E-state index is 0.0633. The van der Waals surface area contributed by atoms with Crippen LogP contribution < -0.4 is 5.32 Å². The second kappa shape index (κ2) is 8.10. The van der Waals surface area contributed by atoms with Crippen LogP contribution in [0.2, 0.25) is 0 Å². The van der Waals surface area contributed by atoms with Gasteiger partial charge in [0.05, 0.1) is 12.2 Å². The first-order valence-electron chi connectivity index (χ1n) is 7.89. The topological polar surface area (TPSA) is 88.3 Å². The Kier molecular flexibility index (Phi) is 5.89. The number of H-pyrrole nitrogens is 1. The Balaban J connectivity index is 2.59. The van der Waals surface area contributed by atoms with Crippen molar-refractivity contribution < 1.29 is 19.1 Å². The largest absolute Gasteiger partial charge is 0.462 e. The molecule has 0 radical (unpaired) electrons. The smallest absolute Gasteiger partial charge is 0.340 e. The maximum atomic E-state index is 12.6. The number of hydrogen-bond donors (Lipinski definition) is 2. The predicted octanol–water partition coefficient (Wildman–Crippen LogP) is 2.65. The fraction of sp³-hybridized carbons (Fsp3) is 0.211. The van der Waals surface area contributed by atoms with Gasteiger partial charge in [0.25, 0.3) is 11.7 Å². The molecule has 1 aromatic carbocycles. The van der Waals surface area contributed by atoms with Gasteiger partial charge in [-0.3, -0.25) is 9.59 Å². The fourth-order valence-corrected chi connectivity index (χ4v) is 2.51. The Morgan fingerprint density at radius 2 is 1.92 bits per heavy atom. The van der Waals surface area contributed by atoms with Crippen LogP contribution in [0.1, 0.15) is 33.5 Å². The molecule has 0 saturated carbocycles. The average Bonchev–Trinajstić information content (AvgIpc) is 2.97. The first-order chi connectivity index (χ1) is 12.0. The summed E-state index contributed by atoms with van der Waals surface area (Å²) in [6.45, 7) is 7.25. The Bertz CT molecular complexity index is 806. The van der Waals surface area contributed by atoms with Crippen molar-refractivity contribution in [1.29, 1.82) is 0 Å². The van der Waals surface area contributed by atoms with Crippen LogP contribution in [0.4, 0.5) is 0 Å². The molecular weight excluding hydrogens is 320 g/mol. The number of nitrogens with one attached hydrogen (secondary N) is 2. The first kappa shape index (κ1) is 18.2. The van der Waals surface area contributed by atoms with Crippen molar-refractivity contribution >= 4 is 17.7 Å². The Labute approximate surface area is 145 Å². The van der Waals surface area contributed by atoms with Gasteiger partial charge in [-0.2, -0.15) is 0 Å². The summed E-state index contributed by atoms with van der Waals surface area (Å²) in [6.07, 6.45) is 1.48. The van der Waals surface area contributed by atoms with E-state index in [1.807, 2.05) is 6.07 Å². The van der Waals surface area contributed by atoms with E-state index in [1.54, 1.807) is 38.1 Å². The van der Waals surface area contributed by atoms with E-state index in [0.717, 1.165) is 0 Å². The standard InChI is InChI=1S/C19H20N2O4/c1-4-11-20-18(23)17(22)16-15(13-9-7-6-8-10-13)14(12(3)21-16)19(24)25-5-2/h4,6-10,21H,1,5,11H2,2-3H3,(H,20,23). The summed E-state index contributed by atoms with van der Waals surface area (Å²) in [5, 5.41) is 2.45. The fourth-order valence-electron chi connectivity index (χ4n) is 2.51. The van der Waals surface area contributed by atoms with Crippen LogP contribution in [-0.4, -0.2) is 35.8 Å². The maximum absolute atomic E-state index is 12.6. The predicted molar refractivity (Wildman–Crippen MR) is 94.5 cm³/mol. The van der Waals surface area contributed by atoms with Crippen LogP contribution in [0.15, 0.2) is 43.0 Å². The molecule has 1 heterocycles. The van der Waals surface area contributed by atoms with Crippen molar-refractivity contribution in [3.8, 4) is 11.1 Å². The van der Waals surface area contributed by atoms with Crippen LogP contribution in [-0.2, 0) is 9.53 Å². The summed E-state index contributed by atoms with van der Waals surface area (Å²) < 4.78 is 5.11.